The standard InChI is InChI=1S/C22H28O2S/c1-7-24-20(23)14-16(2)10-13-25-17-8-9-18-19(15-17)22(5,6)12-11-21(18,3)4/h8-9,14-15H,7,11-12H2,1-6H3. The Kier molecular flexibility index (Phi) is 6.06. The van der Waals surface area contributed by atoms with E-state index in [9.17, 15) is 4.79 Å². The van der Waals surface area contributed by atoms with Crippen LogP contribution >= 0.6 is 11.8 Å². The highest BCUT2D eigenvalue weighted by atomic mass is 32.2. The lowest BCUT2D eigenvalue weighted by Crippen LogP contribution is -2.33. The molecule has 25 heavy (non-hydrogen) atoms. The third kappa shape index (κ3) is 4.92. The lowest BCUT2D eigenvalue weighted by molar-refractivity contribution is -0.137. The molecule has 0 atom stereocenters. The number of rotatable bonds is 3. The third-order valence-corrected chi connectivity index (χ3v) is 5.56. The van der Waals surface area contributed by atoms with Crippen LogP contribution in [0.4, 0.5) is 0 Å². The SMILES string of the molecule is CCOC(=O)C=C(C)C#CSc1ccc2c(c1)C(C)(C)CCC2(C)C. The summed E-state index contributed by atoms with van der Waals surface area (Å²) in [6, 6.07) is 6.72. The van der Waals surface area contributed by atoms with Crippen LogP contribution < -0.4 is 0 Å². The van der Waals surface area contributed by atoms with Gasteiger partial charge in [0.05, 0.1) is 6.61 Å². The van der Waals surface area contributed by atoms with E-state index in [0.29, 0.717) is 12.2 Å². The zero-order valence-corrected chi connectivity index (χ0v) is 17.0. The first-order chi connectivity index (χ1) is 11.7. The van der Waals surface area contributed by atoms with Crippen molar-refractivity contribution in [3.05, 3.63) is 41.0 Å². The molecule has 0 amide bonds. The molecule has 0 fully saturated rings. The van der Waals surface area contributed by atoms with Crippen LogP contribution in [-0.4, -0.2) is 12.6 Å². The number of carbonyl (C=O) groups is 1. The summed E-state index contributed by atoms with van der Waals surface area (Å²) in [5.74, 6) is 2.67. The van der Waals surface area contributed by atoms with Crippen molar-refractivity contribution in [2.45, 2.75) is 70.1 Å². The molecule has 0 N–H and O–H groups in total. The molecule has 0 unspecified atom stereocenters. The summed E-state index contributed by atoms with van der Waals surface area (Å²) in [6.45, 7) is 13.3. The van der Waals surface area contributed by atoms with Crippen LogP contribution in [0.25, 0.3) is 0 Å². The summed E-state index contributed by atoms with van der Waals surface area (Å²) < 4.78 is 4.89. The number of ether oxygens (including phenoxy) is 1. The monoisotopic (exact) mass is 356 g/mol. The fourth-order valence-corrected chi connectivity index (χ4v) is 3.84. The molecule has 0 radical (unpaired) electrons. The van der Waals surface area contributed by atoms with Crippen molar-refractivity contribution in [2.24, 2.45) is 0 Å². The topological polar surface area (TPSA) is 26.3 Å². The van der Waals surface area contributed by atoms with E-state index in [2.05, 4.69) is 57.1 Å². The molecule has 0 aliphatic heterocycles. The van der Waals surface area contributed by atoms with Crippen molar-refractivity contribution in [1.29, 1.82) is 0 Å². The van der Waals surface area contributed by atoms with Crippen molar-refractivity contribution in [2.75, 3.05) is 6.61 Å². The average molecular weight is 357 g/mol. The van der Waals surface area contributed by atoms with Gasteiger partial charge in [-0.2, -0.15) is 0 Å². The Morgan fingerprint density at radius 3 is 2.48 bits per heavy atom. The number of esters is 1. The molecule has 0 spiro atoms. The average Bonchev–Trinajstić information content (AvgIpc) is 2.52. The maximum absolute atomic E-state index is 11.4. The Morgan fingerprint density at radius 2 is 1.84 bits per heavy atom. The van der Waals surface area contributed by atoms with Gasteiger partial charge in [-0.05, 0) is 77.8 Å². The van der Waals surface area contributed by atoms with Gasteiger partial charge in [0, 0.05) is 16.5 Å². The molecule has 1 aromatic rings. The highest BCUT2D eigenvalue weighted by Gasteiger charge is 2.36. The fraction of sp³-hybridized carbons (Fsp3) is 0.500. The van der Waals surface area contributed by atoms with E-state index >= 15 is 0 Å². The van der Waals surface area contributed by atoms with E-state index in [1.54, 1.807) is 6.92 Å². The third-order valence-electron chi connectivity index (χ3n) is 4.86. The molecule has 134 valence electrons. The zero-order valence-electron chi connectivity index (χ0n) is 16.2. The van der Waals surface area contributed by atoms with Crippen LogP contribution in [0, 0.1) is 11.2 Å². The van der Waals surface area contributed by atoms with Crippen LogP contribution in [0.2, 0.25) is 0 Å². The quantitative estimate of drug-likeness (QED) is 0.305. The molecular formula is C22H28O2S. The summed E-state index contributed by atoms with van der Waals surface area (Å²) >= 11 is 1.51. The Labute approximate surface area is 156 Å². The van der Waals surface area contributed by atoms with Gasteiger partial charge in [-0.25, -0.2) is 4.79 Å². The molecule has 0 saturated carbocycles. The van der Waals surface area contributed by atoms with E-state index in [1.165, 1.54) is 41.8 Å². The van der Waals surface area contributed by atoms with E-state index in [1.807, 2.05) is 6.92 Å². The first kappa shape index (κ1) is 19.7. The maximum atomic E-state index is 11.4. The Bertz CT molecular complexity index is 745. The first-order valence-electron chi connectivity index (χ1n) is 8.83. The van der Waals surface area contributed by atoms with Crippen molar-refractivity contribution < 1.29 is 9.53 Å². The van der Waals surface area contributed by atoms with Crippen LogP contribution in [0.15, 0.2) is 34.7 Å². The zero-order chi connectivity index (χ0) is 18.7. The highest BCUT2D eigenvalue weighted by Crippen LogP contribution is 2.46. The minimum atomic E-state index is -0.336. The Balaban J connectivity index is 2.19. The molecule has 0 aromatic heterocycles. The van der Waals surface area contributed by atoms with Gasteiger partial charge in [-0.1, -0.05) is 39.7 Å². The number of allylic oxidation sites excluding steroid dienone is 1. The second-order valence-electron chi connectivity index (χ2n) is 7.88. The van der Waals surface area contributed by atoms with Gasteiger partial charge in [-0.3, -0.25) is 0 Å². The smallest absolute Gasteiger partial charge is 0.331 e. The summed E-state index contributed by atoms with van der Waals surface area (Å²) in [5, 5.41) is 3.09. The molecule has 1 aliphatic carbocycles. The van der Waals surface area contributed by atoms with Gasteiger partial charge in [0.1, 0.15) is 0 Å². The van der Waals surface area contributed by atoms with Crippen molar-refractivity contribution >= 4 is 17.7 Å². The predicted molar refractivity (Wildman–Crippen MR) is 106 cm³/mol. The Morgan fingerprint density at radius 1 is 1.20 bits per heavy atom. The number of hydrogen-bond donors (Lipinski definition) is 0. The molecule has 3 heteroatoms. The molecule has 1 aromatic carbocycles. The van der Waals surface area contributed by atoms with Crippen LogP contribution in [0.3, 0.4) is 0 Å². The van der Waals surface area contributed by atoms with Gasteiger partial charge >= 0.3 is 5.97 Å². The van der Waals surface area contributed by atoms with E-state index in [0.717, 1.165) is 4.90 Å². The molecule has 0 saturated heterocycles. The minimum absolute atomic E-state index is 0.203. The van der Waals surface area contributed by atoms with Gasteiger partial charge in [0.25, 0.3) is 0 Å². The van der Waals surface area contributed by atoms with Crippen LogP contribution in [-0.2, 0) is 20.4 Å². The van der Waals surface area contributed by atoms with Crippen LogP contribution in [0.1, 0.15) is 65.5 Å². The molecule has 0 bridgehead atoms. The van der Waals surface area contributed by atoms with E-state index < -0.39 is 0 Å². The maximum Gasteiger partial charge on any atom is 0.331 e. The number of thioether (sulfide) groups is 1. The summed E-state index contributed by atoms with van der Waals surface area (Å²) in [5.41, 5.74) is 4.05. The van der Waals surface area contributed by atoms with Gasteiger partial charge in [0.2, 0.25) is 0 Å². The van der Waals surface area contributed by atoms with Gasteiger partial charge in [-0.15, -0.1) is 0 Å². The lowest BCUT2D eigenvalue weighted by atomic mass is 9.63. The van der Waals surface area contributed by atoms with Crippen molar-refractivity contribution in [1.82, 2.24) is 0 Å². The normalized spacial score (nSPS) is 17.9. The van der Waals surface area contributed by atoms with Crippen molar-refractivity contribution in [3.63, 3.8) is 0 Å². The van der Waals surface area contributed by atoms with E-state index in [-0.39, 0.29) is 16.8 Å². The second-order valence-corrected chi connectivity index (χ2v) is 8.76. The molecule has 0 heterocycles. The number of fused-ring (bicyclic) bond motifs is 1. The number of carbonyl (C=O) groups excluding carboxylic acids is 1. The van der Waals surface area contributed by atoms with E-state index in [4.69, 9.17) is 4.74 Å². The van der Waals surface area contributed by atoms with Gasteiger partial charge in [0.15, 0.2) is 0 Å². The number of hydrogen-bond acceptors (Lipinski definition) is 3. The highest BCUT2D eigenvalue weighted by molar-refractivity contribution is 8.04. The van der Waals surface area contributed by atoms with Crippen LogP contribution in [0.5, 0.6) is 0 Å². The second kappa shape index (κ2) is 7.70. The summed E-state index contributed by atoms with van der Waals surface area (Å²) in [4.78, 5) is 12.6. The summed E-state index contributed by atoms with van der Waals surface area (Å²) in [7, 11) is 0. The molecular weight excluding hydrogens is 328 g/mol. The molecule has 1 aliphatic rings. The molecule has 2 nitrogen and oxygen atoms in total. The van der Waals surface area contributed by atoms with Gasteiger partial charge < -0.3 is 4.74 Å². The fourth-order valence-electron chi connectivity index (χ4n) is 3.19. The largest absolute Gasteiger partial charge is 0.463 e. The Hall–Kier alpha value is -1.66. The molecule has 2 rings (SSSR count). The number of benzene rings is 1. The summed E-state index contributed by atoms with van der Waals surface area (Å²) in [6.07, 6.45) is 3.86. The predicted octanol–water partition coefficient (Wildman–Crippen LogP) is 5.60. The lowest BCUT2D eigenvalue weighted by Gasteiger charge is -2.42. The minimum Gasteiger partial charge on any atom is -0.463 e. The van der Waals surface area contributed by atoms with Crippen molar-refractivity contribution in [3.8, 4) is 11.2 Å². The first-order valence-corrected chi connectivity index (χ1v) is 9.65.